The molecule has 0 aromatic heterocycles. The van der Waals surface area contributed by atoms with Gasteiger partial charge in [0.1, 0.15) is 0 Å². The van der Waals surface area contributed by atoms with E-state index in [1.165, 1.54) is 32.2 Å². The first kappa shape index (κ1) is 12.6. The average molecular weight is 207 g/mol. The third-order valence-corrected chi connectivity index (χ3v) is 3.43. The first-order chi connectivity index (χ1) is 7.24. The molecule has 1 aliphatic carbocycles. The van der Waals surface area contributed by atoms with Gasteiger partial charge in [-0.15, -0.1) is 12.3 Å². The summed E-state index contributed by atoms with van der Waals surface area (Å²) >= 11 is 0. The van der Waals surface area contributed by atoms with Crippen molar-refractivity contribution >= 4 is 0 Å². The molecule has 0 heterocycles. The Morgan fingerprint density at radius 2 is 2.07 bits per heavy atom. The van der Waals surface area contributed by atoms with E-state index >= 15 is 0 Å². The largest absolute Gasteiger partial charge is 0.316 e. The molecule has 2 atom stereocenters. The quantitative estimate of drug-likeness (QED) is 0.500. The maximum atomic E-state index is 5.26. The standard InChI is InChI=1S/C14H25N/c1-4-5-6-7-13-8-9-14(13)11-15-10-12(2)3/h1,12-15H,5-11H2,2-3H3. The topological polar surface area (TPSA) is 12.0 Å². The number of unbranched alkanes of at least 4 members (excludes halogenated alkanes) is 1. The van der Waals surface area contributed by atoms with Crippen LogP contribution in [0.1, 0.15) is 46.0 Å². The SMILES string of the molecule is C#CCCCC1CCC1CNCC(C)C. The van der Waals surface area contributed by atoms with Crippen LogP contribution in [0, 0.1) is 30.1 Å². The predicted molar refractivity (Wildman–Crippen MR) is 66.6 cm³/mol. The van der Waals surface area contributed by atoms with E-state index in [9.17, 15) is 0 Å². The summed E-state index contributed by atoms with van der Waals surface area (Å²) < 4.78 is 0. The number of hydrogen-bond acceptors (Lipinski definition) is 1. The number of nitrogens with one attached hydrogen (secondary N) is 1. The summed E-state index contributed by atoms with van der Waals surface area (Å²) in [6.45, 7) is 6.91. The maximum Gasteiger partial charge on any atom is 0.00861 e. The van der Waals surface area contributed by atoms with Crippen molar-refractivity contribution in [3.05, 3.63) is 0 Å². The van der Waals surface area contributed by atoms with Gasteiger partial charge in [-0.3, -0.25) is 0 Å². The Morgan fingerprint density at radius 1 is 1.33 bits per heavy atom. The van der Waals surface area contributed by atoms with Gasteiger partial charge in [0.05, 0.1) is 0 Å². The second-order valence-electron chi connectivity index (χ2n) is 5.25. The monoisotopic (exact) mass is 207 g/mol. The summed E-state index contributed by atoms with van der Waals surface area (Å²) in [7, 11) is 0. The molecule has 1 fully saturated rings. The molecule has 0 saturated heterocycles. The van der Waals surface area contributed by atoms with Crippen LogP contribution in [-0.4, -0.2) is 13.1 Å². The molecule has 15 heavy (non-hydrogen) atoms. The maximum absolute atomic E-state index is 5.26. The van der Waals surface area contributed by atoms with Crippen LogP contribution in [-0.2, 0) is 0 Å². The third kappa shape index (κ3) is 4.71. The molecule has 1 aliphatic rings. The molecule has 2 unspecified atom stereocenters. The lowest BCUT2D eigenvalue weighted by molar-refractivity contribution is 0.157. The van der Waals surface area contributed by atoms with Gasteiger partial charge in [0.2, 0.25) is 0 Å². The third-order valence-electron chi connectivity index (χ3n) is 3.43. The Bertz CT molecular complexity index is 202. The first-order valence-electron chi connectivity index (χ1n) is 6.38. The van der Waals surface area contributed by atoms with Crippen molar-refractivity contribution in [1.82, 2.24) is 5.32 Å². The van der Waals surface area contributed by atoms with Crippen molar-refractivity contribution in [2.45, 2.75) is 46.0 Å². The molecule has 0 bridgehead atoms. The highest BCUT2D eigenvalue weighted by atomic mass is 14.9. The van der Waals surface area contributed by atoms with Crippen LogP contribution in [0.15, 0.2) is 0 Å². The van der Waals surface area contributed by atoms with Crippen LogP contribution < -0.4 is 5.32 Å². The minimum Gasteiger partial charge on any atom is -0.316 e. The fraction of sp³-hybridized carbons (Fsp3) is 0.857. The zero-order chi connectivity index (χ0) is 11.1. The number of rotatable bonds is 7. The summed E-state index contributed by atoms with van der Waals surface area (Å²) in [5, 5.41) is 3.57. The van der Waals surface area contributed by atoms with Crippen molar-refractivity contribution in [3.8, 4) is 12.3 Å². The molecular weight excluding hydrogens is 182 g/mol. The Labute approximate surface area is 95.0 Å². The second kappa shape index (κ2) is 6.90. The molecule has 0 aliphatic heterocycles. The molecule has 0 aromatic carbocycles. The Morgan fingerprint density at radius 3 is 2.60 bits per heavy atom. The van der Waals surface area contributed by atoms with Gasteiger partial charge in [-0.25, -0.2) is 0 Å². The van der Waals surface area contributed by atoms with Crippen LogP contribution in [0.2, 0.25) is 0 Å². The Balaban J connectivity index is 2.02. The highest BCUT2D eigenvalue weighted by Crippen LogP contribution is 2.37. The van der Waals surface area contributed by atoms with Crippen molar-refractivity contribution in [3.63, 3.8) is 0 Å². The lowest BCUT2D eigenvalue weighted by Crippen LogP contribution is -2.36. The lowest BCUT2D eigenvalue weighted by atomic mass is 9.71. The molecular formula is C14H25N. The minimum atomic E-state index is 0.768. The van der Waals surface area contributed by atoms with Crippen molar-refractivity contribution < 1.29 is 0 Å². The molecule has 1 N–H and O–H groups in total. The van der Waals surface area contributed by atoms with Gasteiger partial charge in [0, 0.05) is 6.42 Å². The van der Waals surface area contributed by atoms with Gasteiger partial charge in [0.25, 0.3) is 0 Å². The van der Waals surface area contributed by atoms with Gasteiger partial charge in [-0.1, -0.05) is 13.8 Å². The minimum absolute atomic E-state index is 0.768. The molecule has 86 valence electrons. The van der Waals surface area contributed by atoms with Crippen molar-refractivity contribution in [2.75, 3.05) is 13.1 Å². The van der Waals surface area contributed by atoms with Crippen LogP contribution in [0.5, 0.6) is 0 Å². The van der Waals surface area contributed by atoms with Gasteiger partial charge >= 0.3 is 0 Å². The van der Waals surface area contributed by atoms with E-state index in [4.69, 9.17) is 6.42 Å². The summed E-state index contributed by atoms with van der Waals surface area (Å²) in [4.78, 5) is 0. The molecule has 0 aromatic rings. The lowest BCUT2D eigenvalue weighted by Gasteiger charge is -2.37. The number of terminal acetylenes is 1. The zero-order valence-corrected chi connectivity index (χ0v) is 10.3. The van der Waals surface area contributed by atoms with Gasteiger partial charge in [-0.2, -0.15) is 0 Å². The Kier molecular flexibility index (Phi) is 5.79. The predicted octanol–water partition coefficient (Wildman–Crippen LogP) is 3.06. The highest BCUT2D eigenvalue weighted by Gasteiger charge is 2.29. The second-order valence-corrected chi connectivity index (χ2v) is 5.25. The first-order valence-corrected chi connectivity index (χ1v) is 6.38. The molecule has 0 amide bonds. The molecule has 1 heteroatoms. The van der Waals surface area contributed by atoms with Crippen LogP contribution in [0.3, 0.4) is 0 Å². The van der Waals surface area contributed by atoms with Gasteiger partial charge in [-0.05, 0) is 56.5 Å². The van der Waals surface area contributed by atoms with E-state index in [1.54, 1.807) is 0 Å². The summed E-state index contributed by atoms with van der Waals surface area (Å²) in [5.41, 5.74) is 0. The Hall–Kier alpha value is -0.480. The van der Waals surface area contributed by atoms with Crippen molar-refractivity contribution in [2.24, 2.45) is 17.8 Å². The van der Waals surface area contributed by atoms with E-state index in [2.05, 4.69) is 25.1 Å². The average Bonchev–Trinajstić information content (AvgIpc) is 2.17. The molecule has 0 radical (unpaired) electrons. The zero-order valence-electron chi connectivity index (χ0n) is 10.3. The fourth-order valence-corrected chi connectivity index (χ4v) is 2.31. The van der Waals surface area contributed by atoms with Gasteiger partial charge in [0.15, 0.2) is 0 Å². The van der Waals surface area contributed by atoms with E-state index in [0.717, 1.165) is 30.7 Å². The van der Waals surface area contributed by atoms with E-state index in [-0.39, 0.29) is 0 Å². The summed E-state index contributed by atoms with van der Waals surface area (Å²) in [6, 6.07) is 0. The smallest absolute Gasteiger partial charge is 0.00861 e. The van der Waals surface area contributed by atoms with E-state index in [1.807, 2.05) is 0 Å². The van der Waals surface area contributed by atoms with Crippen LogP contribution in [0.4, 0.5) is 0 Å². The van der Waals surface area contributed by atoms with E-state index < -0.39 is 0 Å². The molecule has 1 rings (SSSR count). The fourth-order valence-electron chi connectivity index (χ4n) is 2.31. The molecule has 1 saturated carbocycles. The van der Waals surface area contributed by atoms with E-state index in [0.29, 0.717) is 0 Å². The van der Waals surface area contributed by atoms with Gasteiger partial charge < -0.3 is 5.32 Å². The molecule has 0 spiro atoms. The van der Waals surface area contributed by atoms with Crippen molar-refractivity contribution in [1.29, 1.82) is 0 Å². The highest BCUT2D eigenvalue weighted by molar-refractivity contribution is 4.86. The normalized spacial score (nSPS) is 24.9. The summed E-state index contributed by atoms with van der Waals surface area (Å²) in [6.07, 6.45) is 11.6. The number of hydrogen-bond donors (Lipinski definition) is 1. The van der Waals surface area contributed by atoms with Crippen LogP contribution in [0.25, 0.3) is 0 Å². The van der Waals surface area contributed by atoms with Crippen LogP contribution >= 0.6 is 0 Å². The summed E-state index contributed by atoms with van der Waals surface area (Å²) in [5.74, 6) is 5.39. The molecule has 1 nitrogen and oxygen atoms in total.